The number of non-ortho nitro benzene ring substituents is 1. The van der Waals surface area contributed by atoms with E-state index in [1.54, 1.807) is 12.1 Å². The summed E-state index contributed by atoms with van der Waals surface area (Å²) in [5.41, 5.74) is 16.2. The maximum atomic E-state index is 13.4. The molecule has 1 fully saturated rings. The molecule has 16 rings (SSSR count). The Bertz CT molecular complexity index is 5730. The van der Waals surface area contributed by atoms with Gasteiger partial charge >= 0.3 is 118 Å². The Morgan fingerprint density at radius 1 is 0.471 bits per heavy atom. The zero-order valence-corrected chi connectivity index (χ0v) is 94.8. The van der Waals surface area contributed by atoms with Crippen LogP contribution < -0.4 is 35.3 Å². The second-order valence-electron chi connectivity index (χ2n) is 38.0. The monoisotopic (exact) mass is 2390 g/mol. The summed E-state index contributed by atoms with van der Waals surface area (Å²) in [5, 5.41) is 34.3. The molecule has 1 saturated carbocycles. The number of esters is 4. The first-order valence-corrected chi connectivity index (χ1v) is 55.6. The number of methoxy groups -OCH3 is 4. The number of anilines is 1. The number of ketones is 8. The van der Waals surface area contributed by atoms with Crippen molar-refractivity contribution in [1.82, 2.24) is 0 Å². The number of ether oxygens (including phenoxy) is 4. The van der Waals surface area contributed by atoms with Gasteiger partial charge in [-0.25, -0.2) is 9.59 Å². The van der Waals surface area contributed by atoms with Gasteiger partial charge in [0.1, 0.15) is 11.5 Å². The zero-order valence-electron chi connectivity index (χ0n) is 80.6. The molecule has 0 heterocycles. The summed E-state index contributed by atoms with van der Waals surface area (Å²) in [6.45, 7) is 32.2. The van der Waals surface area contributed by atoms with E-state index in [4.69, 9.17) is 53.1 Å². The van der Waals surface area contributed by atoms with Crippen LogP contribution in [0.25, 0.3) is 0 Å². The molecule has 0 saturated heterocycles. The van der Waals surface area contributed by atoms with Gasteiger partial charge in [-0.05, 0) is 160 Å². The van der Waals surface area contributed by atoms with E-state index in [1.807, 2.05) is 139 Å². The standard InChI is InChI=1S/C19H23BrO5.C18H19BrO4.C16H17BrO2.C11H11BrO.C11H11NO3.C11H13NO.C11H12O.C4H6O2.BrH.2ClH.Cu.HNO3.Na.Sn.H/c1-18(2)14-6-5-12(20)11-13(14)17(23)19(18,9-7-15(21)24-3)10-8-16(22)25-4;1-17(2)13-5-4-10(19)8-11(13)15(21)18(17)7-6-14(20)12(9-18)16(22)23-3;1-15(2)13-4-3-10(17)9-12(13)14(19)16(15)7-5-11(18)6-8-16;1-11(2)6-10(13)8-5-7(12)3-4-9(8)11;1-11(2)6-10(13)8-5-7(12(14)15)3-4-9(8)11;1-11(2)6-10(13)8-5-7(12)3-4-9(8)11;1-11(2)7-10(12)8-5-3-4-6-9(8)11;1-3-4(5)6-2;;;;;2-1(3)4;;;/h5-6,11H,7-10H2,1-4H3;4-5,8,20H,6-7,9H2,1-3H3;3-4,9H,5-8H2,1-2H3;3-5H,6H2,1-2H3;3-5H,6H2,1-2H3;3-5H,6,12H2,1-2H3;3-6H,7H2,1-2H3;3H,1H2,2H3;3*1H;;(H,2,3,4);;;/q;;;;;;;;;;;+1;;+1;+2;-1/p-3. The fourth-order valence-corrected chi connectivity index (χ4v) is 21.2. The predicted octanol–water partition coefficient (Wildman–Crippen LogP) is 21.4. The molecule has 35 heteroatoms. The predicted molar refractivity (Wildman–Crippen MR) is 534 cm³/mol. The number of benzene rings is 7. The first-order valence-electron chi connectivity index (χ1n) is 42.8. The molecule has 7 aromatic carbocycles. The number of aliphatic hydroxyl groups excluding tert-OH is 1. The van der Waals surface area contributed by atoms with Gasteiger partial charge in [-0.2, -0.15) is 0 Å². The van der Waals surface area contributed by atoms with Crippen LogP contribution in [0.2, 0.25) is 0 Å². The number of hydrogen-bond acceptors (Lipinski definition) is 22. The molecule has 136 heavy (non-hydrogen) atoms. The number of nitrogens with zero attached hydrogens (tertiary/aromatic N) is 2. The second-order valence-corrected chi connectivity index (χ2v) is 45.9. The third-order valence-corrected chi connectivity index (χ3v) is 29.3. The van der Waals surface area contributed by atoms with Gasteiger partial charge in [0.25, 0.3) is 10.8 Å². The van der Waals surface area contributed by atoms with E-state index in [0.717, 1.165) is 74.0 Å². The molecule has 1 unspecified atom stereocenters. The first kappa shape index (κ1) is 119. The Hall–Kier alpha value is -7.24. The van der Waals surface area contributed by atoms with E-state index in [1.165, 1.54) is 51.7 Å². The molecule has 2 radical (unpaired) electrons. The molecule has 0 aliphatic heterocycles. The number of carbonyl (C=O) groups excluding carboxylic acids is 12. The van der Waals surface area contributed by atoms with Crippen LogP contribution in [0, 0.1) is 36.5 Å². The summed E-state index contributed by atoms with van der Waals surface area (Å²) >= 11 is 19.3. The zero-order chi connectivity index (χ0) is 102. The summed E-state index contributed by atoms with van der Waals surface area (Å²) in [6, 6.07) is 41.4. The minimum absolute atomic E-state index is 0. The maximum absolute atomic E-state index is 13.4. The smallest absolute Gasteiger partial charge is 1.00 e. The number of allylic oxidation sites excluding steroid dienone is 1. The van der Waals surface area contributed by atoms with Crippen molar-refractivity contribution in [2.45, 2.75) is 231 Å². The number of nitro groups is 1. The minimum Gasteiger partial charge on any atom is -1.00 e. The summed E-state index contributed by atoms with van der Waals surface area (Å²) in [6.07, 6.45) is 7.90. The van der Waals surface area contributed by atoms with Gasteiger partial charge in [0, 0.05) is 171 Å². The van der Waals surface area contributed by atoms with Gasteiger partial charge in [0.05, 0.1) is 38.9 Å². The molecule has 730 valence electrons. The number of nitrogens with two attached hydrogens (primary N) is 1. The van der Waals surface area contributed by atoms with E-state index in [0.29, 0.717) is 105 Å². The summed E-state index contributed by atoms with van der Waals surface area (Å²) in [7, 11) is 15.1. The number of nitro benzene ring substituents is 1. The van der Waals surface area contributed by atoms with Crippen LogP contribution >= 0.6 is 95.7 Å². The van der Waals surface area contributed by atoms with Crippen molar-refractivity contribution >= 4 is 196 Å². The molecular formula is C101H114Br5Cl2CuN3NaO22Sn. The number of halogens is 7. The molecule has 9 aliphatic carbocycles. The largest absolute Gasteiger partial charge is 1.00 e. The number of Topliss-reactive ketones (excluding diaryl/α,β-unsaturated/α-hetero) is 8. The maximum Gasteiger partial charge on any atom is 1.00 e. The molecule has 7 aromatic rings. The summed E-state index contributed by atoms with van der Waals surface area (Å²) in [5.74, 6) is -0.304. The molecule has 0 bridgehead atoms. The Labute approximate surface area is 884 Å². The normalized spacial score (nSPS) is 18.7. The molecule has 4 N–H and O–H groups in total. The van der Waals surface area contributed by atoms with E-state index in [9.17, 15) is 72.8 Å². The number of rotatable bonds is 9. The Kier molecular flexibility index (Phi) is 43.4. The first-order chi connectivity index (χ1) is 62.8. The van der Waals surface area contributed by atoms with Gasteiger partial charge in [-0.3, -0.25) is 58.1 Å². The van der Waals surface area contributed by atoms with Crippen LogP contribution in [0.5, 0.6) is 0 Å². The molecule has 1 atom stereocenters. The number of hydrogen-bond donors (Lipinski definition) is 3. The number of aliphatic hydroxyl groups is 1. The van der Waals surface area contributed by atoms with Crippen molar-refractivity contribution < 1.29 is 142 Å². The van der Waals surface area contributed by atoms with Gasteiger partial charge in [-0.1, -0.05) is 228 Å². The van der Waals surface area contributed by atoms with E-state index in [-0.39, 0.29) is 152 Å². The van der Waals surface area contributed by atoms with Crippen LogP contribution in [0.3, 0.4) is 0 Å². The van der Waals surface area contributed by atoms with Crippen LogP contribution in [0.15, 0.2) is 175 Å². The average Bonchev–Trinajstić information content (AvgIpc) is 1.52. The molecular weight excluding hydrogens is 2280 g/mol. The fraction of sp³-hybridized carbons (Fsp3) is 0.426. The van der Waals surface area contributed by atoms with E-state index >= 15 is 0 Å². The number of nitrogen functional groups attached to an aromatic ring is 1. The van der Waals surface area contributed by atoms with Gasteiger partial charge in [-0.15, -0.1) is 10.1 Å². The van der Waals surface area contributed by atoms with Crippen LogP contribution in [0.4, 0.5) is 11.4 Å². The fourth-order valence-electron chi connectivity index (χ4n) is 19.7. The van der Waals surface area contributed by atoms with Crippen LogP contribution in [-0.4, -0.2) is 138 Å². The van der Waals surface area contributed by atoms with E-state index in [2.05, 4.69) is 171 Å². The number of carbonyl (C=O) groups is 12. The SMILES string of the molecule is C=CC(=O)OC.CC1(C)CC(=O)c2cc(Br)ccc21.CC1(C)CC(=O)c2cc(N)ccc21.CC1(C)CC(=O)c2cc([N+](=O)[O-])ccc21.CC1(C)CC(=O)c2ccccc21.CC1(C)c2ccc(Br)cc2C(=O)C12CCC(=O)CC2.COC(=O)C1=C(O)CCC2(C1)C(=O)c1cc(Br)ccc1C2(C)C.COC(=O)CCC1(CCC(=O)OC)C(=O)c2cc(Br)ccc2C1(C)C.O=[N+]([O-])O.[Cl][Sn][Cl].[Cu][Br].[H-].[Na+]. The van der Waals surface area contributed by atoms with Gasteiger partial charge in [0.15, 0.2) is 40.5 Å². The van der Waals surface area contributed by atoms with Crippen molar-refractivity contribution in [3.05, 3.63) is 273 Å². The average molecular weight is 2400 g/mol. The Morgan fingerprint density at radius 3 is 1.18 bits per heavy atom. The molecule has 9 aliphatic rings. The Balaban J connectivity index is 0.000000329. The quantitative estimate of drug-likeness (QED) is 0.0230. The van der Waals surface area contributed by atoms with Crippen LogP contribution in [0.1, 0.15) is 306 Å². The third-order valence-electron chi connectivity index (χ3n) is 27.3. The second kappa shape index (κ2) is 49.4. The molecule has 0 amide bonds. The summed E-state index contributed by atoms with van der Waals surface area (Å²) in [4.78, 5) is 161. The van der Waals surface area contributed by atoms with E-state index < -0.39 is 62.5 Å². The molecule has 25 nitrogen and oxygen atoms in total. The van der Waals surface area contributed by atoms with Crippen molar-refractivity contribution in [3.63, 3.8) is 0 Å². The van der Waals surface area contributed by atoms with Gasteiger partial charge < -0.3 is 36.4 Å². The van der Waals surface area contributed by atoms with Crippen molar-refractivity contribution in [3.8, 4) is 0 Å². The van der Waals surface area contributed by atoms with Crippen molar-refractivity contribution in [2.75, 3.05) is 34.2 Å². The third kappa shape index (κ3) is 26.7. The summed E-state index contributed by atoms with van der Waals surface area (Å²) < 4.78 is 22.0. The van der Waals surface area contributed by atoms with Crippen molar-refractivity contribution in [2.24, 2.45) is 16.2 Å². The topological polar surface area (TPSA) is 395 Å². The minimum atomic E-state index is -1.50. The Morgan fingerprint density at radius 2 is 0.801 bits per heavy atom. The molecule has 2 spiro atoms. The van der Waals surface area contributed by atoms with Crippen molar-refractivity contribution in [1.29, 1.82) is 0 Å². The molecule has 0 aromatic heterocycles. The van der Waals surface area contributed by atoms with Crippen LogP contribution in [-0.2, 0) is 95.0 Å². The van der Waals surface area contributed by atoms with Gasteiger partial charge in [0.2, 0.25) is 0 Å². The number of fused-ring (bicyclic) bond motifs is 7.